The van der Waals surface area contributed by atoms with Crippen LogP contribution in [0.2, 0.25) is 5.02 Å². The van der Waals surface area contributed by atoms with Gasteiger partial charge in [0.05, 0.1) is 31.9 Å². The highest BCUT2D eigenvalue weighted by Gasteiger charge is 2.41. The largest absolute Gasteiger partial charge is 0.497 e. The number of rotatable bonds is 7. The molecule has 2 heterocycles. The van der Waals surface area contributed by atoms with E-state index >= 15 is 0 Å². The van der Waals surface area contributed by atoms with Crippen LogP contribution in [0.3, 0.4) is 0 Å². The molecule has 0 spiro atoms. The average molecular weight is 550 g/mol. The van der Waals surface area contributed by atoms with Crippen LogP contribution in [0.1, 0.15) is 24.5 Å². The molecule has 3 aromatic rings. The summed E-state index contributed by atoms with van der Waals surface area (Å²) in [7, 11) is 1.63. The van der Waals surface area contributed by atoms with Crippen molar-refractivity contribution in [1.82, 2.24) is 9.80 Å². The van der Waals surface area contributed by atoms with Gasteiger partial charge in [-0.1, -0.05) is 42.8 Å². The van der Waals surface area contributed by atoms with E-state index < -0.39 is 17.8 Å². The van der Waals surface area contributed by atoms with Crippen LogP contribution in [0.25, 0.3) is 0 Å². The number of hydrogen-bond acceptors (Lipinski definition) is 6. The minimum absolute atomic E-state index is 0.0801. The van der Waals surface area contributed by atoms with Crippen LogP contribution in [0.4, 0.5) is 15.8 Å². The van der Waals surface area contributed by atoms with E-state index in [9.17, 15) is 14.0 Å². The molecule has 39 heavy (non-hydrogen) atoms. The number of hydrogen-bond donors (Lipinski definition) is 1. The number of halogens is 2. The minimum Gasteiger partial charge on any atom is -0.497 e. The molecule has 1 saturated heterocycles. The van der Waals surface area contributed by atoms with E-state index in [-0.39, 0.29) is 17.4 Å². The Kier molecular flexibility index (Phi) is 7.81. The molecule has 202 valence electrons. The van der Waals surface area contributed by atoms with Gasteiger partial charge in [-0.15, -0.1) is 0 Å². The number of nitrogens with zero attached hydrogens (tertiary/aromatic N) is 4. The van der Waals surface area contributed by atoms with Crippen molar-refractivity contribution in [3.63, 3.8) is 0 Å². The molecule has 2 aliphatic heterocycles. The van der Waals surface area contributed by atoms with Crippen LogP contribution in [0, 0.1) is 5.82 Å². The molecule has 8 nitrogen and oxygen atoms in total. The lowest BCUT2D eigenvalue weighted by Crippen LogP contribution is -2.65. The molecule has 0 bridgehead atoms. The van der Waals surface area contributed by atoms with Crippen molar-refractivity contribution in [2.75, 3.05) is 30.7 Å². The zero-order valence-electron chi connectivity index (χ0n) is 21.7. The number of benzene rings is 3. The van der Waals surface area contributed by atoms with E-state index in [0.29, 0.717) is 31.5 Å². The molecule has 3 aromatic carbocycles. The molecular weight excluding hydrogens is 521 g/mol. The fraction of sp³-hybridized carbons (Fsp3) is 0.276. The van der Waals surface area contributed by atoms with Crippen molar-refractivity contribution in [3.8, 4) is 5.75 Å². The van der Waals surface area contributed by atoms with Gasteiger partial charge in [0.2, 0.25) is 11.9 Å². The number of ether oxygens (including phenoxy) is 1. The number of guanidine groups is 1. The Bertz CT molecular complexity index is 1400. The smallest absolute Gasteiger partial charge is 0.251 e. The average Bonchev–Trinajstić information content (AvgIpc) is 2.95. The number of anilines is 2. The number of nitrogens with one attached hydrogen (secondary N) is 1. The maximum absolute atomic E-state index is 13.6. The second kappa shape index (κ2) is 11.4. The lowest BCUT2D eigenvalue weighted by atomic mass is 10.1. The SMILES string of the molecule is CCc1ccc(N2CN(Cc3ccc(OC)cc3)CN3C2=NC(=O)CC3C(=O)Nc2ccc(F)c(Cl)c2)cc1. The van der Waals surface area contributed by atoms with Gasteiger partial charge in [-0.2, -0.15) is 4.99 Å². The zero-order chi connectivity index (χ0) is 27.5. The molecule has 0 saturated carbocycles. The van der Waals surface area contributed by atoms with Gasteiger partial charge >= 0.3 is 0 Å². The molecule has 10 heteroatoms. The minimum atomic E-state index is -0.815. The number of methoxy groups -OCH3 is 1. The fourth-order valence-corrected chi connectivity index (χ4v) is 4.95. The van der Waals surface area contributed by atoms with Crippen molar-refractivity contribution < 1.29 is 18.7 Å². The Morgan fingerprint density at radius 2 is 1.79 bits per heavy atom. The quantitative estimate of drug-likeness (QED) is 0.452. The maximum atomic E-state index is 13.6. The summed E-state index contributed by atoms with van der Waals surface area (Å²) < 4.78 is 18.9. The second-order valence-corrected chi connectivity index (χ2v) is 9.93. The van der Waals surface area contributed by atoms with Crippen molar-refractivity contribution in [2.45, 2.75) is 32.4 Å². The molecule has 0 aromatic heterocycles. The Hall–Kier alpha value is -3.95. The number of aryl methyl sites for hydroxylation is 1. The van der Waals surface area contributed by atoms with Gasteiger partial charge in [-0.25, -0.2) is 4.39 Å². The summed E-state index contributed by atoms with van der Waals surface area (Å²) in [4.78, 5) is 36.6. The van der Waals surface area contributed by atoms with Gasteiger partial charge in [0.25, 0.3) is 5.91 Å². The topological polar surface area (TPSA) is 77.5 Å². The Morgan fingerprint density at radius 1 is 1.08 bits per heavy atom. The highest BCUT2D eigenvalue weighted by Crippen LogP contribution is 2.28. The predicted molar refractivity (Wildman–Crippen MR) is 149 cm³/mol. The molecule has 0 aliphatic carbocycles. The first-order valence-electron chi connectivity index (χ1n) is 12.7. The third kappa shape index (κ3) is 5.89. The molecular formula is C29H29ClFN5O3. The summed E-state index contributed by atoms with van der Waals surface area (Å²) in [5.74, 6) is -0.148. The summed E-state index contributed by atoms with van der Waals surface area (Å²) in [5, 5.41) is 2.69. The summed E-state index contributed by atoms with van der Waals surface area (Å²) in [5.41, 5.74) is 3.49. The highest BCUT2D eigenvalue weighted by molar-refractivity contribution is 6.31. The van der Waals surface area contributed by atoms with E-state index in [2.05, 4.69) is 34.3 Å². The summed E-state index contributed by atoms with van der Waals surface area (Å²) >= 11 is 5.91. The Labute approximate surface area is 231 Å². The lowest BCUT2D eigenvalue weighted by Gasteiger charge is -2.48. The number of fused-ring (bicyclic) bond motifs is 1. The van der Waals surface area contributed by atoms with Gasteiger partial charge in [-0.3, -0.25) is 19.4 Å². The molecule has 1 fully saturated rings. The second-order valence-electron chi connectivity index (χ2n) is 9.52. The first kappa shape index (κ1) is 26.6. The number of aliphatic imine (C=N–C) groups is 1. The van der Waals surface area contributed by atoms with Gasteiger partial charge in [-0.05, 0) is 60.0 Å². The maximum Gasteiger partial charge on any atom is 0.251 e. The number of amides is 2. The standard InChI is InChI=1S/C29H29ClFN5O3/c1-3-19-4-9-22(10-5-19)35-17-34(16-20-6-11-23(39-2)12-7-20)18-36-26(15-27(37)33-29(35)36)28(38)32-21-8-13-25(31)24(30)14-21/h4-14,26H,3,15-18H2,1-2H3,(H,32,38). The Morgan fingerprint density at radius 3 is 2.46 bits per heavy atom. The monoisotopic (exact) mass is 549 g/mol. The predicted octanol–water partition coefficient (Wildman–Crippen LogP) is 4.88. The van der Waals surface area contributed by atoms with Crippen molar-refractivity contribution in [2.24, 2.45) is 4.99 Å². The first-order valence-corrected chi connectivity index (χ1v) is 13.1. The van der Waals surface area contributed by atoms with Gasteiger partial charge in [0.15, 0.2) is 0 Å². The van der Waals surface area contributed by atoms with Crippen LogP contribution < -0.4 is 15.0 Å². The first-order chi connectivity index (χ1) is 18.8. The van der Waals surface area contributed by atoms with Crippen LogP contribution in [0.5, 0.6) is 5.75 Å². The molecule has 1 atom stereocenters. The third-order valence-electron chi connectivity index (χ3n) is 6.87. The van der Waals surface area contributed by atoms with Crippen LogP contribution in [-0.2, 0) is 22.6 Å². The van der Waals surface area contributed by atoms with E-state index in [4.69, 9.17) is 16.3 Å². The van der Waals surface area contributed by atoms with E-state index in [1.807, 2.05) is 46.2 Å². The van der Waals surface area contributed by atoms with Crippen LogP contribution in [0.15, 0.2) is 71.7 Å². The van der Waals surface area contributed by atoms with Gasteiger partial charge in [0.1, 0.15) is 17.6 Å². The molecule has 1 unspecified atom stereocenters. The van der Waals surface area contributed by atoms with Crippen molar-refractivity contribution in [3.05, 3.63) is 88.7 Å². The van der Waals surface area contributed by atoms with E-state index in [0.717, 1.165) is 23.4 Å². The summed E-state index contributed by atoms with van der Waals surface area (Å²) in [6.07, 6.45) is 0.828. The molecule has 5 rings (SSSR count). The normalized spacial score (nSPS) is 17.5. The Balaban J connectivity index is 1.46. The lowest BCUT2D eigenvalue weighted by molar-refractivity contribution is -0.127. The van der Waals surface area contributed by atoms with Crippen LogP contribution in [-0.4, -0.2) is 54.1 Å². The van der Waals surface area contributed by atoms with E-state index in [1.54, 1.807) is 7.11 Å². The van der Waals surface area contributed by atoms with Gasteiger partial charge < -0.3 is 15.0 Å². The third-order valence-corrected chi connectivity index (χ3v) is 7.16. The van der Waals surface area contributed by atoms with Crippen LogP contribution >= 0.6 is 11.6 Å². The zero-order valence-corrected chi connectivity index (χ0v) is 22.5. The number of carbonyl (C=O) groups is 2. The van der Waals surface area contributed by atoms with Gasteiger partial charge in [0, 0.05) is 17.9 Å². The molecule has 0 radical (unpaired) electrons. The summed E-state index contributed by atoms with van der Waals surface area (Å²) in [6, 6.07) is 19.1. The number of carbonyl (C=O) groups excluding carboxylic acids is 2. The molecule has 2 amide bonds. The molecule has 1 N–H and O–H groups in total. The summed E-state index contributed by atoms with van der Waals surface area (Å²) in [6.45, 7) is 3.55. The van der Waals surface area contributed by atoms with Crippen molar-refractivity contribution in [1.29, 1.82) is 0 Å². The van der Waals surface area contributed by atoms with Crippen molar-refractivity contribution >= 4 is 40.7 Å². The highest BCUT2D eigenvalue weighted by atomic mass is 35.5. The van der Waals surface area contributed by atoms with E-state index in [1.165, 1.54) is 23.8 Å². The molecule has 2 aliphatic rings. The fourth-order valence-electron chi connectivity index (χ4n) is 4.77.